The SMILES string of the molecule is CCOC(=O)c1c(C)nc2cccc([N+](=O)[O-])n12. The summed E-state index contributed by atoms with van der Waals surface area (Å²) in [7, 11) is 0. The minimum Gasteiger partial charge on any atom is -0.460 e. The maximum atomic E-state index is 11.8. The highest BCUT2D eigenvalue weighted by molar-refractivity contribution is 5.90. The fourth-order valence-electron chi connectivity index (χ4n) is 1.77. The van der Waals surface area contributed by atoms with Crippen LogP contribution in [0.1, 0.15) is 23.1 Å². The van der Waals surface area contributed by atoms with E-state index >= 15 is 0 Å². The first-order chi connectivity index (χ1) is 8.56. The van der Waals surface area contributed by atoms with Gasteiger partial charge in [0.05, 0.1) is 12.3 Å². The van der Waals surface area contributed by atoms with Crippen molar-refractivity contribution in [2.24, 2.45) is 0 Å². The van der Waals surface area contributed by atoms with Gasteiger partial charge in [-0.2, -0.15) is 4.40 Å². The first-order valence-electron chi connectivity index (χ1n) is 5.35. The Kier molecular flexibility index (Phi) is 2.97. The van der Waals surface area contributed by atoms with Gasteiger partial charge in [0.15, 0.2) is 0 Å². The molecule has 2 rings (SSSR count). The molecule has 0 saturated carbocycles. The van der Waals surface area contributed by atoms with E-state index in [2.05, 4.69) is 4.98 Å². The molecule has 0 spiro atoms. The zero-order valence-electron chi connectivity index (χ0n) is 9.91. The molecule has 0 fully saturated rings. The van der Waals surface area contributed by atoms with E-state index in [1.807, 2.05) is 0 Å². The lowest BCUT2D eigenvalue weighted by Crippen LogP contribution is -2.11. The number of carbonyl (C=O) groups is 1. The molecule has 7 nitrogen and oxygen atoms in total. The summed E-state index contributed by atoms with van der Waals surface area (Å²) in [5.41, 5.74) is 0.853. The number of hydrogen-bond donors (Lipinski definition) is 0. The highest BCUT2D eigenvalue weighted by Crippen LogP contribution is 2.20. The van der Waals surface area contributed by atoms with Crippen molar-refractivity contribution in [3.05, 3.63) is 39.7 Å². The number of aromatic nitrogens is 2. The number of fused-ring (bicyclic) bond motifs is 1. The van der Waals surface area contributed by atoms with Crippen molar-refractivity contribution in [2.75, 3.05) is 6.61 Å². The van der Waals surface area contributed by atoms with Crippen molar-refractivity contribution in [1.29, 1.82) is 0 Å². The molecule has 0 aliphatic heterocycles. The van der Waals surface area contributed by atoms with E-state index in [1.54, 1.807) is 19.9 Å². The number of ether oxygens (including phenoxy) is 1. The summed E-state index contributed by atoms with van der Waals surface area (Å²) in [4.78, 5) is 26.3. The molecule has 0 aliphatic carbocycles. The van der Waals surface area contributed by atoms with Crippen LogP contribution in [-0.2, 0) is 4.74 Å². The molecule has 0 radical (unpaired) electrons. The molecule has 2 aromatic heterocycles. The maximum absolute atomic E-state index is 11.8. The van der Waals surface area contributed by atoms with Crippen molar-refractivity contribution in [1.82, 2.24) is 9.38 Å². The van der Waals surface area contributed by atoms with Gasteiger partial charge in [-0.1, -0.05) is 0 Å². The Bertz CT molecular complexity index is 632. The third-order valence-corrected chi connectivity index (χ3v) is 2.45. The van der Waals surface area contributed by atoms with Crippen LogP contribution in [0.25, 0.3) is 5.65 Å². The molecule has 0 aromatic carbocycles. The molecular formula is C11H11N3O4. The number of rotatable bonds is 3. The van der Waals surface area contributed by atoms with Gasteiger partial charge in [0.1, 0.15) is 0 Å². The molecular weight excluding hydrogens is 238 g/mol. The van der Waals surface area contributed by atoms with E-state index in [-0.39, 0.29) is 18.1 Å². The van der Waals surface area contributed by atoms with Crippen molar-refractivity contribution in [3.8, 4) is 0 Å². The fourth-order valence-corrected chi connectivity index (χ4v) is 1.77. The molecule has 0 unspecified atom stereocenters. The smallest absolute Gasteiger partial charge is 0.380 e. The third kappa shape index (κ3) is 1.79. The van der Waals surface area contributed by atoms with E-state index in [9.17, 15) is 14.9 Å². The van der Waals surface area contributed by atoms with Gasteiger partial charge in [-0.05, 0) is 24.8 Å². The van der Waals surface area contributed by atoms with E-state index in [0.29, 0.717) is 11.3 Å². The van der Waals surface area contributed by atoms with Gasteiger partial charge in [0.25, 0.3) is 0 Å². The second-order valence-corrected chi connectivity index (χ2v) is 3.60. The molecule has 0 bridgehead atoms. The summed E-state index contributed by atoms with van der Waals surface area (Å²) in [5.74, 6) is -0.826. The van der Waals surface area contributed by atoms with E-state index in [0.717, 1.165) is 0 Å². The van der Waals surface area contributed by atoms with Crippen LogP contribution in [0.5, 0.6) is 0 Å². The zero-order chi connectivity index (χ0) is 13.3. The Balaban J connectivity index is 2.75. The molecule has 0 saturated heterocycles. The van der Waals surface area contributed by atoms with Gasteiger partial charge in [-0.3, -0.25) is 0 Å². The normalized spacial score (nSPS) is 10.6. The molecule has 0 amide bonds. The number of carbonyl (C=O) groups excluding carboxylic acids is 1. The number of esters is 1. The zero-order valence-corrected chi connectivity index (χ0v) is 9.91. The van der Waals surface area contributed by atoms with Gasteiger partial charge in [-0.25, -0.2) is 9.78 Å². The van der Waals surface area contributed by atoms with Crippen LogP contribution < -0.4 is 0 Å². The average Bonchev–Trinajstić information content (AvgIpc) is 2.64. The minimum atomic E-state index is -0.614. The summed E-state index contributed by atoms with van der Waals surface area (Å²) < 4.78 is 6.09. The molecule has 2 aromatic rings. The summed E-state index contributed by atoms with van der Waals surface area (Å²) in [5, 5.41) is 11.0. The predicted molar refractivity (Wildman–Crippen MR) is 62.5 cm³/mol. The van der Waals surface area contributed by atoms with Crippen molar-refractivity contribution >= 4 is 17.4 Å². The number of nitro groups is 1. The predicted octanol–water partition coefficient (Wildman–Crippen LogP) is 1.73. The summed E-state index contributed by atoms with van der Waals surface area (Å²) in [6.45, 7) is 3.49. The molecule has 7 heteroatoms. The first-order valence-corrected chi connectivity index (χ1v) is 5.35. The Morgan fingerprint density at radius 3 is 2.89 bits per heavy atom. The van der Waals surface area contributed by atoms with Gasteiger partial charge in [-0.15, -0.1) is 0 Å². The number of nitrogens with zero attached hydrogens (tertiary/aromatic N) is 3. The second-order valence-electron chi connectivity index (χ2n) is 3.60. The van der Waals surface area contributed by atoms with Crippen LogP contribution in [0.2, 0.25) is 0 Å². The lowest BCUT2D eigenvalue weighted by Gasteiger charge is -2.01. The molecule has 94 valence electrons. The minimum absolute atomic E-state index is 0.0964. The van der Waals surface area contributed by atoms with E-state index in [1.165, 1.54) is 16.5 Å². The van der Waals surface area contributed by atoms with Crippen molar-refractivity contribution in [2.45, 2.75) is 13.8 Å². The maximum Gasteiger partial charge on any atom is 0.380 e. The largest absolute Gasteiger partial charge is 0.460 e. The monoisotopic (exact) mass is 249 g/mol. The Morgan fingerprint density at radius 1 is 1.56 bits per heavy atom. The lowest BCUT2D eigenvalue weighted by molar-refractivity contribution is -0.390. The number of imidazole rings is 1. The standard InChI is InChI=1S/C11H11N3O4/c1-3-18-11(15)10-7(2)12-8-5-4-6-9(13(8)10)14(16)17/h4-6H,3H2,1-2H3. The molecule has 0 atom stereocenters. The van der Waals surface area contributed by atoms with Crippen LogP contribution >= 0.6 is 0 Å². The van der Waals surface area contributed by atoms with Crippen LogP contribution in [0.15, 0.2) is 18.2 Å². The summed E-state index contributed by atoms with van der Waals surface area (Å²) in [6, 6.07) is 4.44. The number of hydrogen-bond acceptors (Lipinski definition) is 5. The summed E-state index contributed by atoms with van der Waals surface area (Å²) in [6.07, 6.45) is 0. The van der Waals surface area contributed by atoms with E-state index in [4.69, 9.17) is 4.74 Å². The third-order valence-electron chi connectivity index (χ3n) is 2.45. The molecule has 18 heavy (non-hydrogen) atoms. The van der Waals surface area contributed by atoms with Crippen molar-refractivity contribution < 1.29 is 14.5 Å². The number of pyridine rings is 1. The lowest BCUT2D eigenvalue weighted by atomic mass is 10.3. The van der Waals surface area contributed by atoms with Gasteiger partial charge < -0.3 is 14.9 Å². The summed E-state index contributed by atoms with van der Waals surface area (Å²) >= 11 is 0. The fraction of sp³-hybridized carbons (Fsp3) is 0.273. The van der Waals surface area contributed by atoms with Crippen LogP contribution in [0.4, 0.5) is 5.82 Å². The quantitative estimate of drug-likeness (QED) is 0.469. The first kappa shape index (κ1) is 12.0. The van der Waals surface area contributed by atoms with Gasteiger partial charge >= 0.3 is 11.8 Å². The Hall–Kier alpha value is -2.44. The molecule has 2 heterocycles. The topological polar surface area (TPSA) is 86.7 Å². The number of aryl methyl sites for hydroxylation is 1. The average molecular weight is 249 g/mol. The van der Waals surface area contributed by atoms with Crippen LogP contribution in [0.3, 0.4) is 0 Å². The molecule has 0 aliphatic rings. The van der Waals surface area contributed by atoms with Crippen molar-refractivity contribution in [3.63, 3.8) is 0 Å². The highest BCUT2D eigenvalue weighted by atomic mass is 16.6. The van der Waals surface area contributed by atoms with E-state index < -0.39 is 10.9 Å². The highest BCUT2D eigenvalue weighted by Gasteiger charge is 2.26. The molecule has 0 N–H and O–H groups in total. The Morgan fingerprint density at radius 2 is 2.28 bits per heavy atom. The van der Waals surface area contributed by atoms with Crippen LogP contribution in [-0.4, -0.2) is 26.9 Å². The van der Waals surface area contributed by atoms with Crippen LogP contribution in [0, 0.1) is 17.0 Å². The second kappa shape index (κ2) is 4.44. The van der Waals surface area contributed by atoms with Gasteiger partial charge in [0, 0.05) is 12.1 Å². The van der Waals surface area contributed by atoms with Gasteiger partial charge in [0.2, 0.25) is 11.3 Å². The Labute approximate surface area is 102 Å².